The van der Waals surface area contributed by atoms with Gasteiger partial charge >= 0.3 is 0 Å². The van der Waals surface area contributed by atoms with E-state index in [0.717, 1.165) is 5.92 Å². The lowest BCUT2D eigenvalue weighted by Gasteiger charge is -2.36. The van der Waals surface area contributed by atoms with E-state index >= 15 is 0 Å². The molecule has 0 aromatic heterocycles. The lowest BCUT2D eigenvalue weighted by Crippen LogP contribution is -2.48. The molecule has 0 radical (unpaired) electrons. The van der Waals surface area contributed by atoms with E-state index in [4.69, 9.17) is 5.73 Å². The van der Waals surface area contributed by atoms with Crippen molar-refractivity contribution in [3.63, 3.8) is 0 Å². The quantitative estimate of drug-likeness (QED) is 0.741. The van der Waals surface area contributed by atoms with Crippen molar-refractivity contribution in [3.05, 3.63) is 0 Å². The minimum Gasteiger partial charge on any atom is -0.325 e. The summed E-state index contributed by atoms with van der Waals surface area (Å²) in [6, 6.07) is 0. The second-order valence-electron chi connectivity index (χ2n) is 4.90. The zero-order valence-electron chi connectivity index (χ0n) is 8.46. The molecule has 13 heavy (non-hydrogen) atoms. The first-order valence-corrected chi connectivity index (χ1v) is 5.17. The Hall–Kier alpha value is 0.210. The fourth-order valence-corrected chi connectivity index (χ4v) is 1.91. The van der Waals surface area contributed by atoms with Gasteiger partial charge in [0.25, 0.3) is 0 Å². The molecule has 0 amide bonds. The highest BCUT2D eigenvalue weighted by atomic mass is 35.5. The third kappa shape index (κ3) is 3.45. The van der Waals surface area contributed by atoms with Crippen molar-refractivity contribution in [3.8, 4) is 0 Å². The number of halogens is 1. The number of nitrogens with zero attached hydrogens (tertiary/aromatic N) is 1. The second-order valence-corrected chi connectivity index (χ2v) is 4.90. The summed E-state index contributed by atoms with van der Waals surface area (Å²) < 4.78 is 0. The summed E-state index contributed by atoms with van der Waals surface area (Å²) in [5, 5.41) is 0. The summed E-state index contributed by atoms with van der Waals surface area (Å²) in [7, 11) is 0. The molecule has 2 N–H and O–H groups in total. The van der Waals surface area contributed by atoms with E-state index in [1.165, 1.54) is 45.3 Å². The molecule has 1 saturated carbocycles. The van der Waals surface area contributed by atoms with Crippen LogP contribution in [0.5, 0.6) is 0 Å². The Morgan fingerprint density at radius 1 is 1.31 bits per heavy atom. The molecule has 1 heterocycles. The first-order chi connectivity index (χ1) is 5.66. The highest BCUT2D eigenvalue weighted by Crippen LogP contribution is 2.31. The molecule has 2 aliphatic rings. The third-order valence-electron chi connectivity index (χ3n) is 3.21. The van der Waals surface area contributed by atoms with Gasteiger partial charge in [-0.25, -0.2) is 0 Å². The average Bonchev–Trinajstić information content (AvgIpc) is 2.77. The van der Waals surface area contributed by atoms with Gasteiger partial charge in [-0.1, -0.05) is 0 Å². The van der Waals surface area contributed by atoms with Crippen molar-refractivity contribution in [2.24, 2.45) is 11.7 Å². The highest BCUT2D eigenvalue weighted by Gasteiger charge is 2.29. The normalized spacial score (nSPS) is 28.2. The van der Waals surface area contributed by atoms with E-state index in [2.05, 4.69) is 11.8 Å². The molecule has 1 saturated heterocycles. The molecule has 2 nitrogen and oxygen atoms in total. The van der Waals surface area contributed by atoms with Crippen LogP contribution in [0.1, 0.15) is 32.6 Å². The molecular weight excluding hydrogens is 184 g/mol. The fourth-order valence-electron chi connectivity index (χ4n) is 1.91. The van der Waals surface area contributed by atoms with Crippen LogP contribution in [0.2, 0.25) is 0 Å². The molecule has 1 aliphatic heterocycles. The van der Waals surface area contributed by atoms with E-state index in [1.54, 1.807) is 0 Å². The minimum absolute atomic E-state index is 0. The molecular formula is C10H21ClN2. The molecule has 0 aromatic carbocycles. The minimum atomic E-state index is 0. The van der Waals surface area contributed by atoms with E-state index in [1.807, 2.05) is 0 Å². The fraction of sp³-hybridized carbons (Fsp3) is 1.00. The summed E-state index contributed by atoms with van der Waals surface area (Å²) >= 11 is 0. The average molecular weight is 205 g/mol. The largest absolute Gasteiger partial charge is 0.325 e. The number of piperidine rings is 1. The van der Waals surface area contributed by atoms with Crippen molar-refractivity contribution in [1.29, 1.82) is 0 Å². The third-order valence-corrected chi connectivity index (χ3v) is 3.21. The van der Waals surface area contributed by atoms with Crippen LogP contribution in [0.3, 0.4) is 0 Å². The Labute approximate surface area is 87.3 Å². The Balaban J connectivity index is 0.000000845. The molecule has 78 valence electrons. The molecule has 0 atom stereocenters. The predicted molar refractivity (Wildman–Crippen MR) is 58.2 cm³/mol. The van der Waals surface area contributed by atoms with E-state index < -0.39 is 0 Å². The molecule has 1 aliphatic carbocycles. The van der Waals surface area contributed by atoms with Crippen molar-refractivity contribution >= 4 is 12.4 Å². The Morgan fingerprint density at radius 2 is 1.85 bits per heavy atom. The molecule has 0 bridgehead atoms. The molecule has 0 unspecified atom stereocenters. The molecule has 3 heteroatoms. The number of hydrogen-bond donors (Lipinski definition) is 1. The van der Waals surface area contributed by atoms with Gasteiger partial charge in [0.2, 0.25) is 0 Å². The molecule has 0 spiro atoms. The van der Waals surface area contributed by atoms with Gasteiger partial charge in [-0.2, -0.15) is 0 Å². The van der Waals surface area contributed by atoms with E-state index in [9.17, 15) is 0 Å². The van der Waals surface area contributed by atoms with E-state index in [-0.39, 0.29) is 17.9 Å². The van der Waals surface area contributed by atoms with Crippen molar-refractivity contribution < 1.29 is 0 Å². The van der Waals surface area contributed by atoms with Gasteiger partial charge in [0.05, 0.1) is 0 Å². The Morgan fingerprint density at radius 3 is 2.31 bits per heavy atom. The van der Waals surface area contributed by atoms with Gasteiger partial charge in [0, 0.05) is 12.1 Å². The van der Waals surface area contributed by atoms with E-state index in [0.29, 0.717) is 0 Å². The summed E-state index contributed by atoms with van der Waals surface area (Å²) in [6.07, 6.45) is 5.30. The maximum Gasteiger partial charge on any atom is 0.0150 e. The second kappa shape index (κ2) is 4.16. The maximum absolute atomic E-state index is 6.06. The van der Waals surface area contributed by atoms with Crippen LogP contribution in [-0.4, -0.2) is 30.1 Å². The van der Waals surface area contributed by atoms with Gasteiger partial charge < -0.3 is 10.6 Å². The summed E-state index contributed by atoms with van der Waals surface area (Å²) in [6.45, 7) is 5.98. The van der Waals surface area contributed by atoms with Crippen LogP contribution in [0.25, 0.3) is 0 Å². The Kier molecular flexibility index (Phi) is 3.61. The molecule has 2 rings (SSSR count). The van der Waals surface area contributed by atoms with Crippen LogP contribution in [0.15, 0.2) is 0 Å². The predicted octanol–water partition coefficient (Wildman–Crippen LogP) is 1.63. The summed E-state index contributed by atoms with van der Waals surface area (Å²) in [5.74, 6) is 1.03. The SMILES string of the molecule is CC1(N)CCN(CC2CC2)CC1.Cl. The van der Waals surface area contributed by atoms with Crippen LogP contribution in [0, 0.1) is 5.92 Å². The highest BCUT2D eigenvalue weighted by molar-refractivity contribution is 5.85. The number of likely N-dealkylation sites (tertiary alicyclic amines) is 1. The lowest BCUT2D eigenvalue weighted by atomic mass is 9.91. The number of nitrogens with two attached hydrogens (primary N) is 1. The van der Waals surface area contributed by atoms with Crippen molar-refractivity contribution in [2.45, 2.75) is 38.1 Å². The Bertz CT molecular complexity index is 156. The van der Waals surface area contributed by atoms with Crippen molar-refractivity contribution in [1.82, 2.24) is 4.90 Å². The monoisotopic (exact) mass is 204 g/mol. The van der Waals surface area contributed by atoms with Gasteiger partial charge in [0.1, 0.15) is 0 Å². The smallest absolute Gasteiger partial charge is 0.0150 e. The van der Waals surface area contributed by atoms with Crippen LogP contribution >= 0.6 is 12.4 Å². The zero-order chi connectivity index (χ0) is 8.60. The standard InChI is InChI=1S/C10H20N2.ClH/c1-10(11)4-6-12(7-5-10)8-9-2-3-9;/h9H,2-8,11H2,1H3;1H. The zero-order valence-corrected chi connectivity index (χ0v) is 9.28. The number of hydrogen-bond acceptors (Lipinski definition) is 2. The van der Waals surface area contributed by atoms with Gasteiger partial charge in [-0.15, -0.1) is 12.4 Å². The summed E-state index contributed by atoms with van der Waals surface area (Å²) in [5.41, 5.74) is 6.18. The summed E-state index contributed by atoms with van der Waals surface area (Å²) in [4.78, 5) is 2.59. The maximum atomic E-state index is 6.06. The number of rotatable bonds is 2. The topological polar surface area (TPSA) is 29.3 Å². The van der Waals surface area contributed by atoms with Crippen LogP contribution in [-0.2, 0) is 0 Å². The van der Waals surface area contributed by atoms with Crippen LogP contribution in [0.4, 0.5) is 0 Å². The first kappa shape index (κ1) is 11.3. The van der Waals surface area contributed by atoms with Crippen molar-refractivity contribution in [2.75, 3.05) is 19.6 Å². The molecule has 2 fully saturated rings. The first-order valence-electron chi connectivity index (χ1n) is 5.17. The molecule has 0 aromatic rings. The van der Waals surface area contributed by atoms with Gasteiger partial charge in [0.15, 0.2) is 0 Å². The van der Waals surface area contributed by atoms with Gasteiger partial charge in [-0.05, 0) is 51.6 Å². The lowest BCUT2D eigenvalue weighted by molar-refractivity contribution is 0.166. The van der Waals surface area contributed by atoms with Crippen LogP contribution < -0.4 is 5.73 Å². The van der Waals surface area contributed by atoms with Gasteiger partial charge in [-0.3, -0.25) is 0 Å².